The van der Waals surface area contributed by atoms with E-state index in [1.54, 1.807) is 0 Å². The van der Waals surface area contributed by atoms with Gasteiger partial charge in [-0.1, -0.05) is 38.0 Å². The first-order valence-corrected chi connectivity index (χ1v) is 7.67. The normalized spacial score (nSPS) is 21.7. The van der Waals surface area contributed by atoms with Gasteiger partial charge >= 0.3 is 11.8 Å². The number of amides is 2. The number of benzene rings is 1. The number of hydrogen-bond donors (Lipinski definition) is 2. The van der Waals surface area contributed by atoms with Crippen molar-refractivity contribution in [3.63, 3.8) is 0 Å². The van der Waals surface area contributed by atoms with Crippen LogP contribution < -0.4 is 10.6 Å². The molecule has 0 unspecified atom stereocenters. The summed E-state index contributed by atoms with van der Waals surface area (Å²) in [6, 6.07) is 5.90. The molecule has 21 heavy (non-hydrogen) atoms. The van der Waals surface area contributed by atoms with E-state index in [1.807, 2.05) is 32.0 Å². The molecule has 0 aromatic heterocycles. The van der Waals surface area contributed by atoms with E-state index < -0.39 is 11.8 Å². The number of carbonyl (C=O) groups is 2. The molecule has 1 aliphatic carbocycles. The summed E-state index contributed by atoms with van der Waals surface area (Å²) in [7, 11) is 0. The maximum absolute atomic E-state index is 12.1. The lowest BCUT2D eigenvalue weighted by atomic mass is 9.86. The lowest BCUT2D eigenvalue weighted by molar-refractivity contribution is -0.137. The van der Waals surface area contributed by atoms with E-state index in [0.29, 0.717) is 5.92 Å². The van der Waals surface area contributed by atoms with Gasteiger partial charge in [-0.2, -0.15) is 0 Å². The molecule has 2 rings (SSSR count). The van der Waals surface area contributed by atoms with Gasteiger partial charge < -0.3 is 10.6 Å². The molecule has 2 atom stereocenters. The van der Waals surface area contributed by atoms with Crippen LogP contribution in [-0.4, -0.2) is 17.9 Å². The largest absolute Gasteiger partial charge is 0.345 e. The standard InChI is InChI=1S/C17H24N2O2/c1-11-7-4-5-10-14(11)18-16(20)17(21)19-15-12(2)8-6-9-13(15)3/h6,8-9,11,14H,4-5,7,10H2,1-3H3,(H,18,20)(H,19,21)/t11-,14+/m1/s1. The maximum atomic E-state index is 12.1. The Hall–Kier alpha value is -1.84. The minimum Gasteiger partial charge on any atom is -0.345 e. The third-order valence-corrected chi connectivity index (χ3v) is 4.35. The Morgan fingerprint density at radius 1 is 1.05 bits per heavy atom. The molecule has 1 fully saturated rings. The summed E-state index contributed by atoms with van der Waals surface area (Å²) >= 11 is 0. The molecule has 0 saturated heterocycles. The number of rotatable bonds is 2. The Labute approximate surface area is 126 Å². The van der Waals surface area contributed by atoms with Gasteiger partial charge in [0.2, 0.25) is 0 Å². The molecule has 0 aliphatic heterocycles. The molecule has 0 spiro atoms. The quantitative estimate of drug-likeness (QED) is 0.822. The van der Waals surface area contributed by atoms with Crippen molar-refractivity contribution in [2.45, 2.75) is 52.5 Å². The molecule has 4 nitrogen and oxygen atoms in total. The molecule has 114 valence electrons. The fourth-order valence-corrected chi connectivity index (χ4v) is 2.95. The van der Waals surface area contributed by atoms with Crippen LogP contribution in [0.1, 0.15) is 43.7 Å². The lowest BCUT2D eigenvalue weighted by Crippen LogP contribution is -2.45. The maximum Gasteiger partial charge on any atom is 0.313 e. The Kier molecular flexibility index (Phi) is 4.99. The molecule has 1 aliphatic rings. The Morgan fingerprint density at radius 2 is 1.67 bits per heavy atom. The van der Waals surface area contributed by atoms with Crippen molar-refractivity contribution < 1.29 is 9.59 Å². The van der Waals surface area contributed by atoms with Crippen LogP contribution in [0.15, 0.2) is 18.2 Å². The SMILES string of the molecule is Cc1cccc(C)c1NC(=O)C(=O)N[C@H]1CCCC[C@H]1C. The van der Waals surface area contributed by atoms with Crippen LogP contribution in [-0.2, 0) is 9.59 Å². The summed E-state index contributed by atoms with van der Waals surface area (Å²) in [6.45, 7) is 5.97. The number of aryl methyl sites for hydroxylation is 2. The average Bonchev–Trinajstić information content (AvgIpc) is 2.45. The van der Waals surface area contributed by atoms with E-state index in [-0.39, 0.29) is 6.04 Å². The van der Waals surface area contributed by atoms with Crippen LogP contribution >= 0.6 is 0 Å². The van der Waals surface area contributed by atoms with E-state index in [4.69, 9.17) is 0 Å². The topological polar surface area (TPSA) is 58.2 Å². The van der Waals surface area contributed by atoms with Gasteiger partial charge in [0, 0.05) is 11.7 Å². The molecule has 0 bridgehead atoms. The fraction of sp³-hybridized carbons (Fsp3) is 0.529. The first-order valence-electron chi connectivity index (χ1n) is 7.67. The zero-order valence-corrected chi connectivity index (χ0v) is 13.0. The second-order valence-electron chi connectivity index (χ2n) is 6.06. The molecule has 0 heterocycles. The Morgan fingerprint density at radius 3 is 2.29 bits per heavy atom. The van der Waals surface area contributed by atoms with Crippen LogP contribution in [0.3, 0.4) is 0 Å². The molecule has 1 aromatic rings. The van der Waals surface area contributed by atoms with E-state index >= 15 is 0 Å². The monoisotopic (exact) mass is 288 g/mol. The van der Waals surface area contributed by atoms with Crippen LogP contribution in [0.2, 0.25) is 0 Å². The van der Waals surface area contributed by atoms with Gasteiger partial charge in [-0.15, -0.1) is 0 Å². The zero-order chi connectivity index (χ0) is 15.4. The summed E-state index contributed by atoms with van der Waals surface area (Å²) < 4.78 is 0. The summed E-state index contributed by atoms with van der Waals surface area (Å²) in [5.74, 6) is -0.669. The third kappa shape index (κ3) is 3.84. The van der Waals surface area contributed by atoms with Crippen molar-refractivity contribution >= 4 is 17.5 Å². The minimum atomic E-state index is -0.579. The van der Waals surface area contributed by atoms with Gasteiger partial charge in [0.25, 0.3) is 0 Å². The summed E-state index contributed by atoms with van der Waals surface area (Å²) in [4.78, 5) is 24.1. The number of anilines is 1. The van der Waals surface area contributed by atoms with Crippen LogP contribution in [0.25, 0.3) is 0 Å². The van der Waals surface area contributed by atoms with Crippen molar-refractivity contribution in [3.05, 3.63) is 29.3 Å². The van der Waals surface area contributed by atoms with Crippen molar-refractivity contribution in [1.29, 1.82) is 0 Å². The van der Waals surface area contributed by atoms with Gasteiger partial charge in [0.15, 0.2) is 0 Å². The van der Waals surface area contributed by atoms with Gasteiger partial charge in [0.05, 0.1) is 0 Å². The number of hydrogen-bond acceptors (Lipinski definition) is 2. The summed E-state index contributed by atoms with van der Waals surface area (Å²) in [5, 5.41) is 5.61. The third-order valence-electron chi connectivity index (χ3n) is 4.35. The number of carbonyl (C=O) groups excluding carboxylic acids is 2. The first-order chi connectivity index (χ1) is 9.99. The summed E-state index contributed by atoms with van der Waals surface area (Å²) in [5.41, 5.74) is 2.65. The molecule has 2 N–H and O–H groups in total. The predicted octanol–water partition coefficient (Wildman–Crippen LogP) is 2.94. The smallest absolute Gasteiger partial charge is 0.313 e. The van der Waals surface area contributed by atoms with Crippen molar-refractivity contribution in [1.82, 2.24) is 5.32 Å². The molecule has 1 saturated carbocycles. The number of nitrogens with one attached hydrogen (secondary N) is 2. The zero-order valence-electron chi connectivity index (χ0n) is 13.0. The molecular weight excluding hydrogens is 264 g/mol. The predicted molar refractivity (Wildman–Crippen MR) is 84.1 cm³/mol. The lowest BCUT2D eigenvalue weighted by Gasteiger charge is -2.29. The Balaban J connectivity index is 1.98. The second-order valence-corrected chi connectivity index (χ2v) is 6.06. The van der Waals surface area contributed by atoms with E-state index in [2.05, 4.69) is 17.6 Å². The van der Waals surface area contributed by atoms with Gasteiger partial charge in [-0.05, 0) is 43.7 Å². The fourth-order valence-electron chi connectivity index (χ4n) is 2.95. The highest BCUT2D eigenvalue weighted by atomic mass is 16.2. The molecule has 4 heteroatoms. The van der Waals surface area contributed by atoms with Crippen LogP contribution in [0.5, 0.6) is 0 Å². The van der Waals surface area contributed by atoms with E-state index in [9.17, 15) is 9.59 Å². The highest BCUT2D eigenvalue weighted by molar-refractivity contribution is 6.39. The molecular formula is C17H24N2O2. The molecule has 1 aromatic carbocycles. The van der Waals surface area contributed by atoms with Crippen LogP contribution in [0.4, 0.5) is 5.69 Å². The minimum absolute atomic E-state index is 0.120. The van der Waals surface area contributed by atoms with E-state index in [1.165, 1.54) is 6.42 Å². The Bertz CT molecular complexity index is 519. The molecule has 0 radical (unpaired) electrons. The highest BCUT2D eigenvalue weighted by Crippen LogP contribution is 2.24. The average molecular weight is 288 g/mol. The highest BCUT2D eigenvalue weighted by Gasteiger charge is 2.25. The first kappa shape index (κ1) is 15.5. The number of para-hydroxylation sites is 1. The van der Waals surface area contributed by atoms with Gasteiger partial charge in [-0.25, -0.2) is 0 Å². The van der Waals surface area contributed by atoms with Crippen molar-refractivity contribution in [2.24, 2.45) is 5.92 Å². The van der Waals surface area contributed by atoms with Crippen molar-refractivity contribution in [2.75, 3.05) is 5.32 Å². The van der Waals surface area contributed by atoms with Crippen molar-refractivity contribution in [3.8, 4) is 0 Å². The summed E-state index contributed by atoms with van der Waals surface area (Å²) in [6.07, 6.45) is 4.41. The van der Waals surface area contributed by atoms with Gasteiger partial charge in [-0.3, -0.25) is 9.59 Å². The second kappa shape index (κ2) is 6.74. The molecule has 2 amide bonds. The van der Waals surface area contributed by atoms with Crippen LogP contribution in [0, 0.1) is 19.8 Å². The van der Waals surface area contributed by atoms with Gasteiger partial charge in [0.1, 0.15) is 0 Å². The van der Waals surface area contributed by atoms with E-state index in [0.717, 1.165) is 36.1 Å².